The highest BCUT2D eigenvalue weighted by molar-refractivity contribution is 6.05. The van der Waals surface area contributed by atoms with Crippen LogP contribution in [0.5, 0.6) is 5.75 Å². The molecule has 0 saturated carbocycles. The maximum atomic E-state index is 13.9. The number of hydrogen-bond acceptors (Lipinski definition) is 7. The standard InChI is InChI=1S/C24H27FN6O3/c1-14-22-19(30(3)23(15(2)33-4)24(32)29-22)9-21(28-14)26-10-17-11-27-31(13-17)12-16-6-7-20(34-5)18(25)8-16/h6-9,11,13,23H,2,10,12H2,1,3-5H3,(H,26,28)(H,29,32)/t23-/m0/s1. The number of methoxy groups -OCH3 is 2. The average molecular weight is 467 g/mol. The van der Waals surface area contributed by atoms with Gasteiger partial charge in [0, 0.05) is 31.4 Å². The molecule has 2 aromatic heterocycles. The second kappa shape index (κ2) is 9.42. The Morgan fingerprint density at radius 3 is 2.79 bits per heavy atom. The van der Waals surface area contributed by atoms with Crippen LogP contribution in [-0.2, 0) is 22.6 Å². The van der Waals surface area contributed by atoms with Gasteiger partial charge in [-0.1, -0.05) is 12.6 Å². The summed E-state index contributed by atoms with van der Waals surface area (Å²) in [7, 11) is 4.75. The molecule has 3 heterocycles. The highest BCUT2D eigenvalue weighted by atomic mass is 19.1. The van der Waals surface area contributed by atoms with Crippen molar-refractivity contribution in [2.45, 2.75) is 26.1 Å². The molecule has 1 amide bonds. The Labute approximate surface area is 197 Å². The number of carbonyl (C=O) groups is 1. The number of aryl methyl sites for hydroxylation is 1. The van der Waals surface area contributed by atoms with Crippen molar-refractivity contribution in [1.82, 2.24) is 14.8 Å². The van der Waals surface area contributed by atoms with E-state index in [1.54, 1.807) is 16.9 Å². The number of ether oxygens (including phenoxy) is 2. The summed E-state index contributed by atoms with van der Waals surface area (Å²) in [6.45, 7) is 6.62. The predicted molar refractivity (Wildman–Crippen MR) is 128 cm³/mol. The van der Waals surface area contributed by atoms with E-state index in [0.717, 1.165) is 16.8 Å². The van der Waals surface area contributed by atoms with Crippen LogP contribution >= 0.6 is 0 Å². The predicted octanol–water partition coefficient (Wildman–Crippen LogP) is 3.31. The molecule has 0 radical (unpaired) electrons. The number of pyridine rings is 1. The van der Waals surface area contributed by atoms with Crippen LogP contribution < -0.4 is 20.3 Å². The van der Waals surface area contributed by atoms with E-state index in [1.165, 1.54) is 20.3 Å². The summed E-state index contributed by atoms with van der Waals surface area (Å²) < 4.78 is 25.9. The van der Waals surface area contributed by atoms with Gasteiger partial charge < -0.3 is 25.0 Å². The first kappa shape index (κ1) is 23.1. The Balaban J connectivity index is 1.46. The fourth-order valence-corrected chi connectivity index (χ4v) is 3.93. The molecule has 0 aliphatic carbocycles. The number of nitrogens with one attached hydrogen (secondary N) is 2. The largest absolute Gasteiger partial charge is 0.499 e. The van der Waals surface area contributed by atoms with Crippen molar-refractivity contribution in [2.75, 3.05) is 36.8 Å². The number of halogens is 1. The Bertz CT molecular complexity index is 1240. The Kier molecular flexibility index (Phi) is 6.40. The number of carbonyl (C=O) groups excluding carboxylic acids is 1. The van der Waals surface area contributed by atoms with Gasteiger partial charge in [-0.2, -0.15) is 5.10 Å². The summed E-state index contributed by atoms with van der Waals surface area (Å²) in [6, 6.07) is 6.10. The Morgan fingerprint density at radius 1 is 1.29 bits per heavy atom. The molecule has 0 saturated heterocycles. The number of hydrogen-bond donors (Lipinski definition) is 2. The quantitative estimate of drug-likeness (QED) is 0.492. The SMILES string of the molecule is C=C(OC)[C@H]1C(=O)Nc2c(cc(NCc3cnn(Cc4ccc(OC)c(F)c4)c3)nc2C)N1C. The van der Waals surface area contributed by atoms with Gasteiger partial charge in [0.05, 0.1) is 44.0 Å². The fraction of sp³-hybridized carbons (Fsp3) is 0.292. The number of fused-ring (bicyclic) bond motifs is 1. The van der Waals surface area contributed by atoms with Crippen molar-refractivity contribution in [1.29, 1.82) is 0 Å². The third-order valence-electron chi connectivity index (χ3n) is 5.73. The third-order valence-corrected chi connectivity index (χ3v) is 5.73. The molecule has 1 aromatic carbocycles. The maximum Gasteiger partial charge on any atom is 0.255 e. The molecular formula is C24H27FN6O3. The van der Waals surface area contributed by atoms with Crippen molar-refractivity contribution < 1.29 is 18.7 Å². The maximum absolute atomic E-state index is 13.9. The lowest BCUT2D eigenvalue weighted by Crippen LogP contribution is -2.47. The van der Waals surface area contributed by atoms with Crippen molar-refractivity contribution in [3.63, 3.8) is 0 Å². The molecule has 1 aliphatic heterocycles. The van der Waals surface area contributed by atoms with Crippen molar-refractivity contribution in [3.8, 4) is 5.75 Å². The molecule has 34 heavy (non-hydrogen) atoms. The molecule has 178 valence electrons. The normalized spacial score (nSPS) is 14.9. The van der Waals surface area contributed by atoms with E-state index in [4.69, 9.17) is 9.47 Å². The number of rotatable bonds is 8. The summed E-state index contributed by atoms with van der Waals surface area (Å²) in [5.41, 5.74) is 3.90. The zero-order chi connectivity index (χ0) is 24.4. The number of anilines is 3. The van der Waals surface area contributed by atoms with Gasteiger partial charge in [-0.15, -0.1) is 0 Å². The van der Waals surface area contributed by atoms with E-state index in [0.29, 0.717) is 36.0 Å². The van der Waals surface area contributed by atoms with E-state index in [1.807, 2.05) is 37.2 Å². The molecule has 10 heteroatoms. The molecular weight excluding hydrogens is 439 g/mol. The highest BCUT2D eigenvalue weighted by Crippen LogP contribution is 2.36. The van der Waals surface area contributed by atoms with Crippen LogP contribution in [0.2, 0.25) is 0 Å². The van der Waals surface area contributed by atoms with Crippen LogP contribution in [0.1, 0.15) is 16.8 Å². The Hall–Kier alpha value is -4.08. The number of nitrogens with zero attached hydrogens (tertiary/aromatic N) is 4. The summed E-state index contributed by atoms with van der Waals surface area (Å²) in [5.74, 6) is 0.617. The Morgan fingerprint density at radius 2 is 2.09 bits per heavy atom. The first-order valence-electron chi connectivity index (χ1n) is 10.7. The van der Waals surface area contributed by atoms with Crippen molar-refractivity contribution in [3.05, 3.63) is 71.6 Å². The van der Waals surface area contributed by atoms with Crippen molar-refractivity contribution in [2.24, 2.45) is 0 Å². The molecule has 3 aromatic rings. The second-order valence-electron chi connectivity index (χ2n) is 8.03. The van der Waals surface area contributed by atoms with Gasteiger partial charge in [0.25, 0.3) is 5.91 Å². The fourth-order valence-electron chi connectivity index (χ4n) is 3.93. The van der Waals surface area contributed by atoms with Crippen LogP contribution in [0.3, 0.4) is 0 Å². The molecule has 0 spiro atoms. The number of benzene rings is 1. The molecule has 9 nitrogen and oxygen atoms in total. The number of aromatic nitrogens is 3. The van der Waals surface area contributed by atoms with E-state index in [9.17, 15) is 9.18 Å². The molecule has 0 fully saturated rings. The van der Waals surface area contributed by atoms with E-state index >= 15 is 0 Å². The highest BCUT2D eigenvalue weighted by Gasteiger charge is 2.35. The van der Waals surface area contributed by atoms with E-state index in [2.05, 4.69) is 27.3 Å². The van der Waals surface area contributed by atoms with Gasteiger partial charge in [-0.05, 0) is 24.6 Å². The van der Waals surface area contributed by atoms with Crippen LogP contribution in [0, 0.1) is 12.7 Å². The van der Waals surface area contributed by atoms with E-state index in [-0.39, 0.29) is 11.7 Å². The van der Waals surface area contributed by atoms with Crippen LogP contribution in [0.15, 0.2) is 49.0 Å². The zero-order valence-electron chi connectivity index (χ0n) is 19.6. The van der Waals surface area contributed by atoms with Gasteiger partial charge in [0.1, 0.15) is 11.6 Å². The monoisotopic (exact) mass is 466 g/mol. The minimum atomic E-state index is -0.631. The summed E-state index contributed by atoms with van der Waals surface area (Å²) in [5, 5.41) is 10.6. The summed E-state index contributed by atoms with van der Waals surface area (Å²) >= 11 is 0. The first-order chi connectivity index (χ1) is 16.3. The molecule has 1 atom stereocenters. The molecule has 0 bridgehead atoms. The van der Waals surface area contributed by atoms with E-state index < -0.39 is 11.9 Å². The van der Waals surface area contributed by atoms with Crippen LogP contribution in [0.4, 0.5) is 21.6 Å². The number of likely N-dealkylation sites (N-methyl/N-ethyl adjacent to an activating group) is 1. The van der Waals surface area contributed by atoms with Gasteiger partial charge >= 0.3 is 0 Å². The summed E-state index contributed by atoms with van der Waals surface area (Å²) in [6.07, 6.45) is 3.65. The lowest BCUT2D eigenvalue weighted by Gasteiger charge is -2.36. The molecule has 1 aliphatic rings. The average Bonchev–Trinajstić information content (AvgIpc) is 3.25. The lowest BCUT2D eigenvalue weighted by atomic mass is 10.1. The van der Waals surface area contributed by atoms with Gasteiger partial charge in [-0.25, -0.2) is 9.37 Å². The summed E-state index contributed by atoms with van der Waals surface area (Å²) in [4.78, 5) is 18.9. The van der Waals surface area contributed by atoms with Crippen molar-refractivity contribution >= 4 is 23.1 Å². The minimum Gasteiger partial charge on any atom is -0.499 e. The van der Waals surface area contributed by atoms with Crippen LogP contribution in [-0.4, -0.2) is 48.0 Å². The number of amides is 1. The first-order valence-corrected chi connectivity index (χ1v) is 10.7. The minimum absolute atomic E-state index is 0.211. The van der Waals surface area contributed by atoms with Gasteiger partial charge in [0.2, 0.25) is 0 Å². The zero-order valence-corrected chi connectivity index (χ0v) is 19.6. The van der Waals surface area contributed by atoms with Gasteiger partial charge in [-0.3, -0.25) is 9.48 Å². The lowest BCUT2D eigenvalue weighted by molar-refractivity contribution is -0.117. The molecule has 4 rings (SSSR count). The second-order valence-corrected chi connectivity index (χ2v) is 8.03. The third kappa shape index (κ3) is 4.52. The smallest absolute Gasteiger partial charge is 0.255 e. The topological polar surface area (TPSA) is 93.5 Å². The molecule has 2 N–H and O–H groups in total. The van der Waals surface area contributed by atoms with Crippen LogP contribution in [0.25, 0.3) is 0 Å². The molecule has 0 unspecified atom stereocenters. The van der Waals surface area contributed by atoms with Gasteiger partial charge in [0.15, 0.2) is 17.6 Å².